The minimum atomic E-state index is -0.989. The number of imide groups is 1. The van der Waals surface area contributed by atoms with Gasteiger partial charge in [-0.1, -0.05) is 78.9 Å². The van der Waals surface area contributed by atoms with Gasteiger partial charge in [-0.15, -0.1) is 0 Å². The highest BCUT2D eigenvalue weighted by Crippen LogP contribution is 2.40. The van der Waals surface area contributed by atoms with Crippen molar-refractivity contribution in [2.75, 3.05) is 18.4 Å². The molecule has 2 atom stereocenters. The Kier molecular flexibility index (Phi) is 12.2. The number of aromatic nitrogens is 3. The molecule has 0 bridgehead atoms. The van der Waals surface area contributed by atoms with Gasteiger partial charge in [-0.2, -0.15) is 0 Å². The standard InChI is InChI=1S/C50H52N8O6/c51-45-43-41(32-13-4-1-5-14-32)44(33-15-6-2-7-16-33)56(46(43)54-30-57(45)35-20-22-36(59)23-21-35)29-31-12-10-17-34(28-31)47(61)53-27-9-3-8-26-52-38-19-11-18-37-42(38)50(64)58(49(37)63)39-24-25-40(60)55-48(39)62/h1-2,4-7,10-19,28,30,35-36,39-40,51-52,59-60H,3,8-9,20-27,29H2,(H,53,61)(H,55,62)/t35-,36-,39?,40?. The molecular weight excluding hydrogens is 809 g/mol. The van der Waals surface area contributed by atoms with Gasteiger partial charge in [-0.25, -0.2) is 4.98 Å². The SMILES string of the molecule is N=c1c2c(-c3ccccc3)c(-c3ccccc3)n(Cc3cccc(C(=O)NCCCCCNc4cccc5c4C(=O)N(C4CCC(O)NC4=O)C5=O)c3)c2ncn1[C@H]1CC[C@H](O)CC1. The third-order valence-corrected chi connectivity index (χ3v) is 12.8. The molecule has 4 amide bonds. The summed E-state index contributed by atoms with van der Waals surface area (Å²) in [5, 5.41) is 39.2. The molecule has 328 valence electrons. The van der Waals surface area contributed by atoms with Gasteiger partial charge >= 0.3 is 0 Å². The molecular formula is C50H52N8O6. The summed E-state index contributed by atoms with van der Waals surface area (Å²) in [4.78, 5) is 58.8. The fourth-order valence-corrected chi connectivity index (χ4v) is 9.52. The van der Waals surface area contributed by atoms with Gasteiger partial charge in [0.15, 0.2) is 0 Å². The van der Waals surface area contributed by atoms with Crippen molar-refractivity contribution in [3.63, 3.8) is 0 Å². The van der Waals surface area contributed by atoms with Crippen molar-refractivity contribution in [1.82, 2.24) is 29.7 Å². The smallest absolute Gasteiger partial charge is 0.264 e. The summed E-state index contributed by atoms with van der Waals surface area (Å²) < 4.78 is 4.14. The van der Waals surface area contributed by atoms with Crippen LogP contribution in [0.5, 0.6) is 0 Å². The van der Waals surface area contributed by atoms with Gasteiger partial charge in [-0.05, 0) is 98.7 Å². The number of aliphatic hydroxyl groups excluding tert-OH is 2. The number of nitrogens with one attached hydrogen (secondary N) is 4. The Labute approximate surface area is 370 Å². The van der Waals surface area contributed by atoms with Crippen LogP contribution in [0.25, 0.3) is 33.4 Å². The summed E-state index contributed by atoms with van der Waals surface area (Å²) in [5.41, 5.74) is 7.41. The Bertz CT molecular complexity index is 2780. The molecule has 14 heteroatoms. The van der Waals surface area contributed by atoms with Crippen molar-refractivity contribution in [3.8, 4) is 22.4 Å². The van der Waals surface area contributed by atoms with Crippen LogP contribution < -0.4 is 21.4 Å². The first kappa shape index (κ1) is 42.4. The van der Waals surface area contributed by atoms with Gasteiger partial charge in [0, 0.05) is 42.5 Å². The lowest BCUT2D eigenvalue weighted by Crippen LogP contribution is -2.55. The Morgan fingerprint density at radius 1 is 0.766 bits per heavy atom. The Morgan fingerprint density at radius 2 is 1.48 bits per heavy atom. The molecule has 2 fully saturated rings. The molecule has 64 heavy (non-hydrogen) atoms. The van der Waals surface area contributed by atoms with Crippen LogP contribution in [0.15, 0.2) is 109 Å². The number of nitrogens with zero attached hydrogens (tertiary/aromatic N) is 4. The van der Waals surface area contributed by atoms with Gasteiger partial charge in [0.1, 0.15) is 23.4 Å². The van der Waals surface area contributed by atoms with E-state index in [1.807, 2.05) is 65.2 Å². The molecule has 4 aromatic carbocycles. The molecule has 0 spiro atoms. The van der Waals surface area contributed by atoms with Crippen molar-refractivity contribution in [1.29, 1.82) is 5.41 Å². The maximum atomic E-state index is 13.5. The van der Waals surface area contributed by atoms with Crippen molar-refractivity contribution in [2.45, 2.75) is 88.7 Å². The van der Waals surface area contributed by atoms with Crippen LogP contribution in [-0.4, -0.2) is 84.3 Å². The van der Waals surface area contributed by atoms with Crippen molar-refractivity contribution >= 4 is 40.3 Å². The van der Waals surface area contributed by atoms with E-state index in [9.17, 15) is 34.8 Å². The van der Waals surface area contributed by atoms with Crippen LogP contribution in [-0.2, 0) is 11.3 Å². The number of benzene rings is 4. The number of hydrogen-bond acceptors (Lipinski definition) is 9. The van der Waals surface area contributed by atoms with E-state index in [1.54, 1.807) is 24.5 Å². The van der Waals surface area contributed by atoms with Gasteiger partial charge in [0.2, 0.25) is 5.91 Å². The second-order valence-electron chi connectivity index (χ2n) is 17.0. The zero-order chi connectivity index (χ0) is 44.3. The van der Waals surface area contributed by atoms with E-state index < -0.39 is 30.0 Å². The van der Waals surface area contributed by atoms with E-state index in [0.29, 0.717) is 54.9 Å². The number of rotatable bonds is 14. The molecule has 2 unspecified atom stereocenters. The Balaban J connectivity index is 0.869. The largest absolute Gasteiger partial charge is 0.393 e. The topological polar surface area (TPSA) is 195 Å². The summed E-state index contributed by atoms with van der Waals surface area (Å²) in [6, 6.07) is 32.1. The van der Waals surface area contributed by atoms with Gasteiger partial charge in [0.05, 0.1) is 34.6 Å². The first-order chi connectivity index (χ1) is 31.2. The molecule has 14 nitrogen and oxygen atoms in total. The maximum Gasteiger partial charge on any atom is 0.264 e. The van der Waals surface area contributed by atoms with Crippen LogP contribution in [0.2, 0.25) is 0 Å². The number of hydrogen-bond donors (Lipinski definition) is 6. The Morgan fingerprint density at radius 3 is 2.23 bits per heavy atom. The minimum Gasteiger partial charge on any atom is -0.393 e. The van der Waals surface area contributed by atoms with Gasteiger partial charge in [-0.3, -0.25) is 29.5 Å². The second kappa shape index (κ2) is 18.4. The van der Waals surface area contributed by atoms with Crippen LogP contribution in [0, 0.1) is 5.41 Å². The van der Waals surface area contributed by atoms with E-state index in [2.05, 4.69) is 44.8 Å². The first-order valence-electron chi connectivity index (χ1n) is 22.2. The summed E-state index contributed by atoms with van der Waals surface area (Å²) >= 11 is 0. The minimum absolute atomic E-state index is 0.0746. The molecule has 4 heterocycles. The lowest BCUT2D eigenvalue weighted by Gasteiger charge is -2.31. The highest BCUT2D eigenvalue weighted by Gasteiger charge is 2.45. The van der Waals surface area contributed by atoms with E-state index in [-0.39, 0.29) is 42.0 Å². The van der Waals surface area contributed by atoms with E-state index >= 15 is 0 Å². The summed E-state index contributed by atoms with van der Waals surface area (Å²) in [7, 11) is 0. The molecule has 0 radical (unpaired) electrons. The zero-order valence-corrected chi connectivity index (χ0v) is 35.5. The number of aliphatic hydroxyl groups is 2. The number of carbonyl (C=O) groups excluding carboxylic acids is 4. The molecule has 6 N–H and O–H groups in total. The number of anilines is 1. The quantitative estimate of drug-likeness (QED) is 0.0536. The van der Waals surface area contributed by atoms with Crippen LogP contribution in [0.1, 0.15) is 100 Å². The van der Waals surface area contributed by atoms with Crippen molar-refractivity contribution < 1.29 is 29.4 Å². The van der Waals surface area contributed by atoms with Gasteiger partial charge < -0.3 is 35.3 Å². The molecule has 1 saturated heterocycles. The lowest BCUT2D eigenvalue weighted by atomic mass is 9.93. The average molecular weight is 861 g/mol. The molecule has 2 aromatic heterocycles. The molecule has 6 aromatic rings. The number of piperidine rings is 1. The fourth-order valence-electron chi connectivity index (χ4n) is 9.52. The van der Waals surface area contributed by atoms with E-state index in [1.165, 1.54) is 0 Å². The number of amides is 4. The number of fused-ring (bicyclic) bond motifs is 2. The molecule has 2 aliphatic heterocycles. The van der Waals surface area contributed by atoms with E-state index in [0.717, 1.165) is 70.3 Å². The molecule has 3 aliphatic rings. The fraction of sp³-hybridized carbons (Fsp3) is 0.320. The number of carbonyl (C=O) groups is 4. The monoisotopic (exact) mass is 860 g/mol. The first-order valence-corrected chi connectivity index (χ1v) is 22.2. The van der Waals surface area contributed by atoms with Gasteiger partial charge in [0.25, 0.3) is 17.7 Å². The van der Waals surface area contributed by atoms with Crippen LogP contribution >= 0.6 is 0 Å². The van der Waals surface area contributed by atoms with Crippen LogP contribution in [0.3, 0.4) is 0 Å². The normalized spacial score (nSPS) is 19.7. The van der Waals surface area contributed by atoms with E-state index in [4.69, 9.17) is 4.98 Å². The highest BCUT2D eigenvalue weighted by atomic mass is 16.3. The maximum absolute atomic E-state index is 13.5. The third kappa shape index (κ3) is 8.33. The molecule has 1 aliphatic carbocycles. The highest BCUT2D eigenvalue weighted by molar-refractivity contribution is 6.25. The zero-order valence-electron chi connectivity index (χ0n) is 35.5. The van der Waals surface area contributed by atoms with Crippen molar-refractivity contribution in [3.05, 3.63) is 137 Å². The number of unbranched alkanes of at least 4 members (excludes halogenated alkanes) is 2. The lowest BCUT2D eigenvalue weighted by molar-refractivity contribution is -0.131. The average Bonchev–Trinajstić information content (AvgIpc) is 3.77. The summed E-state index contributed by atoms with van der Waals surface area (Å²) in [6.07, 6.45) is 6.17. The predicted octanol–water partition coefficient (Wildman–Crippen LogP) is 6.38. The summed E-state index contributed by atoms with van der Waals surface area (Å²) in [6.45, 7) is 1.42. The Hall–Kier alpha value is -6.90. The second-order valence-corrected chi connectivity index (χ2v) is 17.0. The third-order valence-electron chi connectivity index (χ3n) is 12.8. The summed E-state index contributed by atoms with van der Waals surface area (Å²) in [5.74, 6) is -1.76. The molecule has 1 saturated carbocycles. The molecule has 9 rings (SSSR count). The van der Waals surface area contributed by atoms with Crippen LogP contribution in [0.4, 0.5) is 5.69 Å². The predicted molar refractivity (Wildman–Crippen MR) is 242 cm³/mol. The van der Waals surface area contributed by atoms with Crippen molar-refractivity contribution in [2.24, 2.45) is 0 Å².